The van der Waals surface area contributed by atoms with Crippen molar-refractivity contribution in [2.45, 2.75) is 18.3 Å². The lowest BCUT2D eigenvalue weighted by Gasteiger charge is -2.14. The van der Waals surface area contributed by atoms with Gasteiger partial charge in [0.2, 0.25) is 0 Å². The molecule has 1 unspecified atom stereocenters. The second-order valence-electron chi connectivity index (χ2n) is 3.50. The number of benzene rings is 1. The topological polar surface area (TPSA) is 21.3 Å². The van der Waals surface area contributed by atoms with Crippen molar-refractivity contribution >= 4 is 17.3 Å². The van der Waals surface area contributed by atoms with Crippen LogP contribution >= 0.6 is 11.6 Å². The van der Waals surface area contributed by atoms with E-state index in [9.17, 15) is 0 Å². The van der Waals surface area contributed by atoms with Gasteiger partial charge in [0, 0.05) is 18.2 Å². The van der Waals surface area contributed by atoms with Gasteiger partial charge in [-0.1, -0.05) is 18.2 Å². The van der Waals surface area contributed by atoms with Crippen molar-refractivity contribution in [3.63, 3.8) is 0 Å². The molecule has 0 radical (unpaired) electrons. The first kappa shape index (κ1) is 9.81. The van der Waals surface area contributed by atoms with E-state index in [0.717, 1.165) is 30.9 Å². The van der Waals surface area contributed by atoms with E-state index in [0.29, 0.717) is 11.9 Å². The fourth-order valence-corrected chi connectivity index (χ4v) is 1.88. The number of para-hydroxylation sites is 1. The van der Waals surface area contributed by atoms with Gasteiger partial charge in [-0.25, -0.2) is 0 Å². The highest BCUT2D eigenvalue weighted by Crippen LogP contribution is 2.20. The third-order valence-electron chi connectivity index (χ3n) is 2.45. The molecular weight excluding hydrogens is 198 g/mol. The Morgan fingerprint density at radius 2 is 2.29 bits per heavy atom. The molecule has 1 aliphatic rings. The summed E-state index contributed by atoms with van der Waals surface area (Å²) in [5.74, 6) is 0.552. The predicted molar refractivity (Wildman–Crippen MR) is 58.8 cm³/mol. The Balaban J connectivity index is 2.07. The quantitative estimate of drug-likeness (QED) is 0.777. The van der Waals surface area contributed by atoms with Crippen LogP contribution in [-0.4, -0.2) is 19.3 Å². The zero-order valence-corrected chi connectivity index (χ0v) is 8.76. The zero-order chi connectivity index (χ0) is 9.80. The van der Waals surface area contributed by atoms with Crippen molar-refractivity contribution in [1.82, 2.24) is 0 Å². The lowest BCUT2D eigenvalue weighted by atomic mass is 10.1. The molecule has 0 aliphatic carbocycles. The van der Waals surface area contributed by atoms with Gasteiger partial charge in [-0.2, -0.15) is 0 Å². The summed E-state index contributed by atoms with van der Waals surface area (Å²) in [6.07, 6.45) is 1.08. The van der Waals surface area contributed by atoms with Crippen LogP contribution in [0.1, 0.15) is 12.0 Å². The van der Waals surface area contributed by atoms with Gasteiger partial charge in [0.15, 0.2) is 0 Å². The van der Waals surface area contributed by atoms with Crippen molar-refractivity contribution < 1.29 is 4.74 Å². The van der Waals surface area contributed by atoms with E-state index in [4.69, 9.17) is 16.3 Å². The van der Waals surface area contributed by atoms with Crippen molar-refractivity contribution in [3.8, 4) is 0 Å². The first-order valence-corrected chi connectivity index (χ1v) is 5.42. The molecule has 1 fully saturated rings. The summed E-state index contributed by atoms with van der Waals surface area (Å²) in [6, 6.07) is 8.59. The average Bonchev–Trinajstić information content (AvgIpc) is 2.71. The number of hydrogen-bond acceptors (Lipinski definition) is 2. The Kier molecular flexibility index (Phi) is 3.27. The Morgan fingerprint density at radius 3 is 3.00 bits per heavy atom. The molecule has 1 N–H and O–H groups in total. The van der Waals surface area contributed by atoms with Crippen LogP contribution in [0.4, 0.5) is 5.69 Å². The van der Waals surface area contributed by atoms with Crippen molar-refractivity contribution in [2.75, 3.05) is 18.5 Å². The average molecular weight is 212 g/mol. The maximum atomic E-state index is 5.85. The first-order chi connectivity index (χ1) is 6.90. The van der Waals surface area contributed by atoms with E-state index in [1.165, 1.54) is 0 Å². The lowest BCUT2D eigenvalue weighted by Crippen LogP contribution is -2.19. The van der Waals surface area contributed by atoms with E-state index < -0.39 is 0 Å². The van der Waals surface area contributed by atoms with Crippen molar-refractivity contribution in [2.24, 2.45) is 0 Å². The molecule has 2 nitrogen and oxygen atoms in total. The monoisotopic (exact) mass is 211 g/mol. The van der Waals surface area contributed by atoms with Crippen LogP contribution in [0, 0.1) is 0 Å². The van der Waals surface area contributed by atoms with E-state index in [1.54, 1.807) is 0 Å². The van der Waals surface area contributed by atoms with Gasteiger partial charge in [0.05, 0.1) is 12.6 Å². The minimum Gasteiger partial charge on any atom is -0.380 e. The van der Waals surface area contributed by atoms with E-state index >= 15 is 0 Å². The van der Waals surface area contributed by atoms with E-state index in [1.807, 2.05) is 18.2 Å². The summed E-state index contributed by atoms with van der Waals surface area (Å²) in [4.78, 5) is 0. The fraction of sp³-hybridized carbons (Fsp3) is 0.455. The molecule has 1 aliphatic heterocycles. The number of alkyl halides is 1. The summed E-state index contributed by atoms with van der Waals surface area (Å²) in [5.41, 5.74) is 2.29. The highest BCUT2D eigenvalue weighted by molar-refractivity contribution is 6.17. The number of nitrogens with one attached hydrogen (secondary N) is 1. The molecule has 0 spiro atoms. The van der Waals surface area contributed by atoms with Gasteiger partial charge in [-0.15, -0.1) is 11.6 Å². The van der Waals surface area contributed by atoms with Crippen LogP contribution in [0.5, 0.6) is 0 Å². The minimum absolute atomic E-state index is 0.444. The number of halogens is 1. The molecule has 14 heavy (non-hydrogen) atoms. The van der Waals surface area contributed by atoms with Gasteiger partial charge < -0.3 is 10.1 Å². The van der Waals surface area contributed by atoms with Crippen LogP contribution < -0.4 is 5.32 Å². The van der Waals surface area contributed by atoms with Crippen molar-refractivity contribution in [1.29, 1.82) is 0 Å². The van der Waals surface area contributed by atoms with Gasteiger partial charge in [0.25, 0.3) is 0 Å². The summed E-state index contributed by atoms with van der Waals surface area (Å²) in [5, 5.41) is 3.45. The maximum absolute atomic E-state index is 5.85. The SMILES string of the molecule is ClCc1ccccc1NC1CCOC1. The molecule has 1 aromatic rings. The smallest absolute Gasteiger partial charge is 0.0668 e. The number of ether oxygens (including phenoxy) is 1. The van der Waals surface area contributed by atoms with Crippen molar-refractivity contribution in [3.05, 3.63) is 29.8 Å². The Labute approximate surface area is 89.2 Å². The third-order valence-corrected chi connectivity index (χ3v) is 2.74. The molecule has 3 heteroatoms. The van der Waals surface area contributed by atoms with E-state index in [2.05, 4.69) is 11.4 Å². The van der Waals surface area contributed by atoms with Gasteiger partial charge in [-0.05, 0) is 18.1 Å². The molecule has 0 saturated carbocycles. The standard InChI is InChI=1S/C11H14ClNO/c12-7-9-3-1-2-4-11(9)13-10-5-6-14-8-10/h1-4,10,13H,5-8H2. The molecule has 1 atom stereocenters. The minimum atomic E-state index is 0.444. The lowest BCUT2D eigenvalue weighted by molar-refractivity contribution is 0.195. The second-order valence-corrected chi connectivity index (χ2v) is 3.76. The van der Waals surface area contributed by atoms with Gasteiger partial charge in [-0.3, -0.25) is 0 Å². The summed E-state index contributed by atoms with van der Waals surface area (Å²) < 4.78 is 5.31. The molecule has 76 valence electrons. The van der Waals surface area contributed by atoms with Crippen LogP contribution in [-0.2, 0) is 10.6 Å². The number of rotatable bonds is 3. The molecule has 0 amide bonds. The van der Waals surface area contributed by atoms with Gasteiger partial charge in [0.1, 0.15) is 0 Å². The molecule has 0 bridgehead atoms. The van der Waals surface area contributed by atoms with E-state index in [-0.39, 0.29) is 0 Å². The highest BCUT2D eigenvalue weighted by atomic mass is 35.5. The third kappa shape index (κ3) is 2.20. The zero-order valence-electron chi connectivity index (χ0n) is 8.00. The maximum Gasteiger partial charge on any atom is 0.0668 e. The highest BCUT2D eigenvalue weighted by Gasteiger charge is 2.15. The normalized spacial score (nSPS) is 21.1. The Morgan fingerprint density at radius 1 is 1.43 bits per heavy atom. The number of anilines is 1. The van der Waals surface area contributed by atoms with Crippen LogP contribution in [0.2, 0.25) is 0 Å². The molecule has 0 aromatic heterocycles. The van der Waals surface area contributed by atoms with Crippen LogP contribution in [0.3, 0.4) is 0 Å². The molecule has 2 rings (SSSR count). The molecule has 1 saturated heterocycles. The molecular formula is C11H14ClNO. The summed E-state index contributed by atoms with van der Waals surface area (Å²) >= 11 is 5.85. The van der Waals surface area contributed by atoms with Crippen LogP contribution in [0.15, 0.2) is 24.3 Å². The predicted octanol–water partition coefficient (Wildman–Crippen LogP) is 2.63. The van der Waals surface area contributed by atoms with Crippen LogP contribution in [0.25, 0.3) is 0 Å². The fourth-order valence-electron chi connectivity index (χ4n) is 1.65. The first-order valence-electron chi connectivity index (χ1n) is 4.88. The summed E-state index contributed by atoms with van der Waals surface area (Å²) in [6.45, 7) is 1.66. The second kappa shape index (κ2) is 4.67. The molecule has 1 aromatic carbocycles. The Bertz CT molecular complexity index is 297. The van der Waals surface area contributed by atoms with Gasteiger partial charge >= 0.3 is 0 Å². The number of hydrogen-bond donors (Lipinski definition) is 1. The summed E-state index contributed by atoms with van der Waals surface area (Å²) in [7, 11) is 0. The molecule has 1 heterocycles. The Hall–Kier alpha value is -0.730. The largest absolute Gasteiger partial charge is 0.380 e.